The zero-order chi connectivity index (χ0) is 8.81. The van der Waals surface area contributed by atoms with E-state index in [1.807, 2.05) is 0 Å². The fraction of sp³-hybridized carbons (Fsp3) is 1.00. The lowest BCUT2D eigenvalue weighted by molar-refractivity contribution is 0.187. The third-order valence-corrected chi connectivity index (χ3v) is 2.33. The quantitative estimate of drug-likeness (QED) is 0.696. The minimum atomic E-state index is -0.647. The molecule has 0 aromatic carbocycles. The third kappa shape index (κ3) is 3.50. The van der Waals surface area contributed by atoms with Crippen molar-refractivity contribution in [2.45, 2.75) is 31.9 Å². The largest absolute Gasteiger partial charge is 0.396 e. The molecule has 0 bridgehead atoms. The molecule has 1 aliphatic rings. The lowest BCUT2D eigenvalue weighted by Gasteiger charge is -2.19. The molecule has 1 N–H and O–H groups in total. The van der Waals surface area contributed by atoms with Crippen LogP contribution >= 0.6 is 0 Å². The van der Waals surface area contributed by atoms with Crippen molar-refractivity contribution in [2.75, 3.05) is 26.2 Å². The summed E-state index contributed by atoms with van der Waals surface area (Å²) in [7, 11) is 0. The lowest BCUT2D eigenvalue weighted by Crippen LogP contribution is -2.30. The minimum Gasteiger partial charge on any atom is -0.396 e. The maximum atomic E-state index is 13.0. The number of hydrogen-bond donors (Lipinski definition) is 1. The Kier molecular flexibility index (Phi) is 4.54. The third-order valence-electron chi connectivity index (χ3n) is 2.33. The van der Waals surface area contributed by atoms with Crippen LogP contribution < -0.4 is 0 Å². The molecule has 0 saturated carbocycles. The van der Waals surface area contributed by atoms with Gasteiger partial charge in [-0.1, -0.05) is 0 Å². The molecule has 1 aliphatic heterocycles. The Morgan fingerprint density at radius 2 is 2.25 bits per heavy atom. The van der Waals surface area contributed by atoms with Crippen LogP contribution in [0.5, 0.6) is 0 Å². The Bertz CT molecular complexity index is 121. The molecule has 2 nitrogen and oxygen atoms in total. The monoisotopic (exact) mass is 175 g/mol. The van der Waals surface area contributed by atoms with Crippen molar-refractivity contribution >= 4 is 0 Å². The molecular weight excluding hydrogens is 157 g/mol. The number of aliphatic hydroxyl groups excluding tert-OH is 1. The van der Waals surface area contributed by atoms with Crippen LogP contribution in [0.4, 0.5) is 4.39 Å². The highest BCUT2D eigenvalue weighted by Crippen LogP contribution is 2.13. The highest BCUT2D eigenvalue weighted by atomic mass is 19.1. The summed E-state index contributed by atoms with van der Waals surface area (Å²) in [5, 5.41) is 8.61. The molecule has 0 aromatic heterocycles. The molecule has 0 amide bonds. The van der Waals surface area contributed by atoms with E-state index in [9.17, 15) is 4.39 Å². The predicted molar refractivity (Wildman–Crippen MR) is 46.9 cm³/mol. The molecule has 1 atom stereocenters. The van der Waals surface area contributed by atoms with Crippen LogP contribution in [0.3, 0.4) is 0 Å². The first-order valence-electron chi connectivity index (χ1n) is 4.80. The number of likely N-dealkylation sites (tertiary alicyclic amines) is 1. The maximum absolute atomic E-state index is 13.0. The van der Waals surface area contributed by atoms with Gasteiger partial charge in [0.2, 0.25) is 0 Å². The van der Waals surface area contributed by atoms with E-state index in [0.717, 1.165) is 38.8 Å². The van der Waals surface area contributed by atoms with Gasteiger partial charge in [0, 0.05) is 19.7 Å². The van der Waals surface area contributed by atoms with Crippen molar-refractivity contribution in [1.82, 2.24) is 4.90 Å². The van der Waals surface area contributed by atoms with E-state index in [0.29, 0.717) is 6.54 Å². The van der Waals surface area contributed by atoms with Crippen molar-refractivity contribution in [3.8, 4) is 0 Å². The second kappa shape index (κ2) is 5.49. The fourth-order valence-corrected chi connectivity index (χ4v) is 1.66. The van der Waals surface area contributed by atoms with Gasteiger partial charge in [-0.05, 0) is 32.2 Å². The maximum Gasteiger partial charge on any atom is 0.113 e. The van der Waals surface area contributed by atoms with Gasteiger partial charge >= 0.3 is 0 Å². The van der Waals surface area contributed by atoms with E-state index >= 15 is 0 Å². The van der Waals surface area contributed by atoms with Gasteiger partial charge in [-0.25, -0.2) is 4.39 Å². The van der Waals surface area contributed by atoms with Gasteiger partial charge in [0.15, 0.2) is 0 Å². The summed E-state index contributed by atoms with van der Waals surface area (Å²) in [5.41, 5.74) is 0. The van der Waals surface area contributed by atoms with Crippen molar-refractivity contribution in [1.29, 1.82) is 0 Å². The summed E-state index contributed by atoms with van der Waals surface area (Å²) >= 11 is 0. The smallest absolute Gasteiger partial charge is 0.113 e. The van der Waals surface area contributed by atoms with Gasteiger partial charge in [0.1, 0.15) is 6.17 Å². The van der Waals surface area contributed by atoms with Crippen LogP contribution in [0.2, 0.25) is 0 Å². The molecule has 1 heterocycles. The van der Waals surface area contributed by atoms with Gasteiger partial charge in [-0.3, -0.25) is 0 Å². The van der Waals surface area contributed by atoms with Gasteiger partial charge in [0.25, 0.3) is 0 Å². The molecule has 0 spiro atoms. The number of rotatable bonds is 3. The average Bonchev–Trinajstić information content (AvgIpc) is 2.26. The number of aliphatic hydroxyl groups is 1. The van der Waals surface area contributed by atoms with Crippen LogP contribution in [0.1, 0.15) is 25.7 Å². The molecular formula is C9H18FNO. The van der Waals surface area contributed by atoms with Gasteiger partial charge < -0.3 is 10.0 Å². The predicted octanol–water partition coefficient (Wildman–Crippen LogP) is 1.19. The molecule has 1 fully saturated rings. The molecule has 1 unspecified atom stereocenters. The molecule has 1 rings (SSSR count). The number of alkyl halides is 1. The van der Waals surface area contributed by atoms with Crippen molar-refractivity contribution in [2.24, 2.45) is 0 Å². The summed E-state index contributed by atoms with van der Waals surface area (Å²) in [4.78, 5) is 2.12. The van der Waals surface area contributed by atoms with Gasteiger partial charge in [-0.2, -0.15) is 0 Å². The first kappa shape index (κ1) is 9.93. The molecule has 0 aromatic rings. The van der Waals surface area contributed by atoms with E-state index in [1.54, 1.807) is 0 Å². The van der Waals surface area contributed by atoms with Crippen LogP contribution in [-0.2, 0) is 0 Å². The summed E-state index contributed by atoms with van der Waals surface area (Å²) < 4.78 is 13.0. The van der Waals surface area contributed by atoms with Crippen molar-refractivity contribution < 1.29 is 9.50 Å². The summed E-state index contributed by atoms with van der Waals surface area (Å²) in [6.45, 7) is 2.63. The SMILES string of the molecule is OCCCN1CCCCC(F)C1. The second-order valence-corrected chi connectivity index (χ2v) is 3.47. The van der Waals surface area contributed by atoms with Gasteiger partial charge in [0.05, 0.1) is 0 Å². The highest BCUT2D eigenvalue weighted by Gasteiger charge is 2.16. The van der Waals surface area contributed by atoms with Crippen molar-refractivity contribution in [3.63, 3.8) is 0 Å². The van der Waals surface area contributed by atoms with Crippen LogP contribution in [0.15, 0.2) is 0 Å². The molecule has 1 saturated heterocycles. The highest BCUT2D eigenvalue weighted by molar-refractivity contribution is 4.69. The summed E-state index contributed by atoms with van der Waals surface area (Å²) in [6.07, 6.45) is 2.96. The Morgan fingerprint density at radius 3 is 3.00 bits per heavy atom. The normalized spacial score (nSPS) is 27.0. The Morgan fingerprint density at radius 1 is 1.42 bits per heavy atom. The zero-order valence-corrected chi connectivity index (χ0v) is 7.51. The first-order valence-corrected chi connectivity index (χ1v) is 4.80. The second-order valence-electron chi connectivity index (χ2n) is 3.47. The van der Waals surface area contributed by atoms with Crippen LogP contribution in [0, 0.1) is 0 Å². The van der Waals surface area contributed by atoms with Gasteiger partial charge in [-0.15, -0.1) is 0 Å². The molecule has 12 heavy (non-hydrogen) atoms. The minimum absolute atomic E-state index is 0.216. The van der Waals surface area contributed by atoms with E-state index < -0.39 is 6.17 Å². The van der Waals surface area contributed by atoms with Crippen LogP contribution in [-0.4, -0.2) is 42.4 Å². The van der Waals surface area contributed by atoms with E-state index in [1.165, 1.54) is 0 Å². The number of halogens is 1. The first-order chi connectivity index (χ1) is 5.83. The standard InChI is InChI=1S/C9H18FNO/c10-9-4-1-2-5-11(8-9)6-3-7-12/h9,12H,1-8H2. The fourth-order valence-electron chi connectivity index (χ4n) is 1.66. The Labute approximate surface area is 73.4 Å². The van der Waals surface area contributed by atoms with Crippen LogP contribution in [0.25, 0.3) is 0 Å². The van der Waals surface area contributed by atoms with E-state index in [2.05, 4.69) is 4.90 Å². The van der Waals surface area contributed by atoms with E-state index in [-0.39, 0.29) is 6.61 Å². The number of nitrogens with zero attached hydrogens (tertiary/aromatic N) is 1. The zero-order valence-electron chi connectivity index (χ0n) is 7.51. The Balaban J connectivity index is 2.21. The Hall–Kier alpha value is -0.150. The molecule has 0 radical (unpaired) electrons. The summed E-state index contributed by atoms with van der Waals surface area (Å²) in [6, 6.07) is 0. The topological polar surface area (TPSA) is 23.5 Å². The molecule has 0 aliphatic carbocycles. The lowest BCUT2D eigenvalue weighted by atomic mass is 10.2. The molecule has 72 valence electrons. The van der Waals surface area contributed by atoms with Crippen molar-refractivity contribution in [3.05, 3.63) is 0 Å². The number of hydrogen-bond acceptors (Lipinski definition) is 2. The van der Waals surface area contributed by atoms with E-state index in [4.69, 9.17) is 5.11 Å². The molecule has 3 heteroatoms. The average molecular weight is 175 g/mol. The summed E-state index contributed by atoms with van der Waals surface area (Å²) in [5.74, 6) is 0.